The van der Waals surface area contributed by atoms with Crippen LogP contribution in [0.25, 0.3) is 6.08 Å². The number of hydrogen-bond donors (Lipinski definition) is 3. The zero-order chi connectivity index (χ0) is 25.8. The molecular weight excluding hydrogens is 454 g/mol. The van der Waals surface area contributed by atoms with Gasteiger partial charge in [0, 0.05) is 12.6 Å². The number of ketones is 2. The van der Waals surface area contributed by atoms with Gasteiger partial charge in [0.25, 0.3) is 0 Å². The highest BCUT2D eigenvalue weighted by atomic mass is 16.5. The second kappa shape index (κ2) is 14.4. The van der Waals surface area contributed by atoms with Crippen molar-refractivity contribution in [3.8, 4) is 11.5 Å². The van der Waals surface area contributed by atoms with E-state index in [0.717, 1.165) is 55.0 Å². The van der Waals surface area contributed by atoms with E-state index in [-0.39, 0.29) is 23.7 Å². The summed E-state index contributed by atoms with van der Waals surface area (Å²) >= 11 is 0. The monoisotopic (exact) mass is 493 g/mol. The van der Waals surface area contributed by atoms with Gasteiger partial charge >= 0.3 is 0 Å². The number of aromatic nitrogens is 1. The Morgan fingerprint density at radius 1 is 1.17 bits per heavy atom. The molecule has 1 aliphatic heterocycles. The van der Waals surface area contributed by atoms with Crippen LogP contribution in [0.15, 0.2) is 36.5 Å². The van der Waals surface area contributed by atoms with Gasteiger partial charge in [-0.15, -0.1) is 0 Å². The lowest BCUT2D eigenvalue weighted by Gasteiger charge is -2.22. The van der Waals surface area contributed by atoms with E-state index in [2.05, 4.69) is 10.3 Å². The maximum Gasteiger partial charge on any atom is 0.163 e. The van der Waals surface area contributed by atoms with E-state index in [9.17, 15) is 14.7 Å². The number of rotatable bonds is 14. The highest BCUT2D eigenvalue weighted by molar-refractivity contribution is 6.06. The SMILES string of the molecule is COc1cc(C=CC(=O)CC(=O)CCCCCCC2CCNCC2)c(Cc2ccc(N)nc2)cc1O. The number of carbonyl (C=O) groups is 2. The molecule has 1 aromatic carbocycles. The molecule has 0 bridgehead atoms. The van der Waals surface area contributed by atoms with Crippen LogP contribution in [-0.4, -0.2) is 41.9 Å². The average Bonchev–Trinajstić information content (AvgIpc) is 2.87. The highest BCUT2D eigenvalue weighted by Gasteiger charge is 2.13. The van der Waals surface area contributed by atoms with Crippen molar-refractivity contribution in [3.63, 3.8) is 0 Å². The smallest absolute Gasteiger partial charge is 0.163 e. The summed E-state index contributed by atoms with van der Waals surface area (Å²) in [7, 11) is 1.48. The third-order valence-corrected chi connectivity index (χ3v) is 6.78. The van der Waals surface area contributed by atoms with Crippen molar-refractivity contribution in [3.05, 3.63) is 53.2 Å². The van der Waals surface area contributed by atoms with Gasteiger partial charge in [-0.2, -0.15) is 0 Å². The molecule has 0 amide bonds. The number of aromatic hydroxyl groups is 1. The number of hydrogen-bond acceptors (Lipinski definition) is 7. The van der Waals surface area contributed by atoms with Crippen LogP contribution in [0.3, 0.4) is 0 Å². The number of phenols is 1. The average molecular weight is 494 g/mol. The molecule has 0 saturated carbocycles. The summed E-state index contributed by atoms with van der Waals surface area (Å²) in [5.41, 5.74) is 8.12. The van der Waals surface area contributed by atoms with Gasteiger partial charge in [0.05, 0.1) is 13.5 Å². The van der Waals surface area contributed by atoms with Gasteiger partial charge in [-0.25, -0.2) is 4.98 Å². The summed E-state index contributed by atoms with van der Waals surface area (Å²) in [6, 6.07) is 6.90. The largest absolute Gasteiger partial charge is 0.504 e. The molecule has 2 heterocycles. The van der Waals surface area contributed by atoms with Crippen LogP contribution in [0, 0.1) is 5.92 Å². The van der Waals surface area contributed by atoms with Crippen molar-refractivity contribution in [2.45, 2.75) is 64.2 Å². The first-order valence-electron chi connectivity index (χ1n) is 13.0. The molecule has 7 heteroatoms. The standard InChI is InChI=1S/C29H39N3O4/c1-36-28-18-23(24(17-27(28)35)16-22-8-11-29(30)32-20-22)9-10-26(34)19-25(33)7-5-3-2-4-6-21-12-14-31-15-13-21/h8-11,17-18,20-21,31,35H,2-7,12-16,19H2,1H3,(H2,30,32). The molecule has 7 nitrogen and oxygen atoms in total. The maximum atomic E-state index is 12.4. The summed E-state index contributed by atoms with van der Waals surface area (Å²) in [4.78, 5) is 28.9. The minimum absolute atomic E-state index is 0.0144. The fourth-order valence-corrected chi connectivity index (χ4v) is 4.66. The molecule has 194 valence electrons. The number of allylic oxidation sites excluding steroid dienone is 1. The Hall–Kier alpha value is -3.19. The van der Waals surface area contributed by atoms with E-state index in [1.807, 2.05) is 6.07 Å². The van der Waals surface area contributed by atoms with Gasteiger partial charge in [-0.1, -0.05) is 37.8 Å². The third-order valence-electron chi connectivity index (χ3n) is 6.78. The van der Waals surface area contributed by atoms with Gasteiger partial charge < -0.3 is 20.9 Å². The third kappa shape index (κ3) is 9.11. The Bertz CT molecular complexity index is 1030. The lowest BCUT2D eigenvalue weighted by atomic mass is 9.92. The number of pyridine rings is 1. The van der Waals surface area contributed by atoms with Crippen LogP contribution in [0.5, 0.6) is 11.5 Å². The molecule has 0 unspecified atom stereocenters. The molecule has 4 N–H and O–H groups in total. The van der Waals surface area contributed by atoms with Crippen molar-refractivity contribution in [2.75, 3.05) is 25.9 Å². The lowest BCUT2D eigenvalue weighted by molar-refractivity contribution is -0.124. The summed E-state index contributed by atoms with van der Waals surface area (Å²) in [6.45, 7) is 2.28. The molecule has 2 aromatic rings. The van der Waals surface area contributed by atoms with E-state index in [1.54, 1.807) is 30.5 Å². The number of anilines is 1. The second-order valence-electron chi connectivity index (χ2n) is 9.65. The molecule has 0 aliphatic carbocycles. The van der Waals surface area contributed by atoms with E-state index >= 15 is 0 Å². The van der Waals surface area contributed by atoms with Crippen molar-refractivity contribution >= 4 is 23.5 Å². The quantitative estimate of drug-likeness (QED) is 0.196. The number of methoxy groups -OCH3 is 1. The number of Topliss-reactive ketones (excluding diaryl/α,β-unsaturated/α-hetero) is 1. The van der Waals surface area contributed by atoms with Crippen LogP contribution < -0.4 is 15.8 Å². The molecular formula is C29H39N3O4. The predicted molar refractivity (Wildman–Crippen MR) is 143 cm³/mol. The molecule has 1 fully saturated rings. The molecule has 3 rings (SSSR count). The van der Waals surface area contributed by atoms with E-state index < -0.39 is 0 Å². The first-order chi connectivity index (χ1) is 17.4. The van der Waals surface area contributed by atoms with Crippen LogP contribution in [0.2, 0.25) is 0 Å². The van der Waals surface area contributed by atoms with E-state index in [0.29, 0.717) is 24.4 Å². The second-order valence-corrected chi connectivity index (χ2v) is 9.65. The van der Waals surface area contributed by atoms with Crippen molar-refractivity contribution < 1.29 is 19.4 Å². The Kier molecular flexibility index (Phi) is 11.0. The molecule has 0 spiro atoms. The Morgan fingerprint density at radius 3 is 2.67 bits per heavy atom. The summed E-state index contributed by atoms with van der Waals surface area (Å²) in [5.74, 6) is 1.39. The molecule has 1 saturated heterocycles. The van der Waals surface area contributed by atoms with Crippen LogP contribution in [0.4, 0.5) is 5.82 Å². The number of benzene rings is 1. The van der Waals surface area contributed by atoms with Gasteiger partial charge in [-0.3, -0.25) is 9.59 Å². The number of nitrogens with one attached hydrogen (secondary N) is 1. The number of nitrogen functional groups attached to an aromatic ring is 1. The van der Waals surface area contributed by atoms with Crippen molar-refractivity contribution in [2.24, 2.45) is 5.92 Å². The molecule has 36 heavy (non-hydrogen) atoms. The Labute approximate surface area is 214 Å². The lowest BCUT2D eigenvalue weighted by Crippen LogP contribution is -2.27. The summed E-state index contributed by atoms with van der Waals surface area (Å²) in [5, 5.41) is 13.6. The molecule has 1 aliphatic rings. The predicted octanol–water partition coefficient (Wildman–Crippen LogP) is 4.85. The fourth-order valence-electron chi connectivity index (χ4n) is 4.66. The Balaban J connectivity index is 1.47. The van der Waals surface area contributed by atoms with E-state index in [4.69, 9.17) is 10.5 Å². The highest BCUT2D eigenvalue weighted by Crippen LogP contribution is 2.31. The van der Waals surface area contributed by atoms with Gasteiger partial charge in [0.1, 0.15) is 11.6 Å². The first-order valence-corrected chi connectivity index (χ1v) is 13.0. The van der Waals surface area contributed by atoms with Crippen molar-refractivity contribution in [1.82, 2.24) is 10.3 Å². The molecule has 0 atom stereocenters. The molecule has 1 aromatic heterocycles. The van der Waals surface area contributed by atoms with Crippen molar-refractivity contribution in [1.29, 1.82) is 0 Å². The zero-order valence-electron chi connectivity index (χ0n) is 21.3. The number of ether oxygens (including phenoxy) is 1. The van der Waals surface area contributed by atoms with Crippen LogP contribution in [-0.2, 0) is 16.0 Å². The summed E-state index contributed by atoms with van der Waals surface area (Å²) in [6.07, 6.45) is 13.8. The minimum atomic E-state index is -0.224. The Morgan fingerprint density at radius 2 is 1.94 bits per heavy atom. The summed E-state index contributed by atoms with van der Waals surface area (Å²) < 4.78 is 5.23. The van der Waals surface area contributed by atoms with Gasteiger partial charge in [0.2, 0.25) is 0 Å². The van der Waals surface area contributed by atoms with Gasteiger partial charge in [0.15, 0.2) is 17.3 Å². The minimum Gasteiger partial charge on any atom is -0.504 e. The number of nitrogens with two attached hydrogens (primary N) is 1. The normalized spacial score (nSPS) is 14.2. The number of piperidine rings is 1. The number of nitrogens with zero attached hydrogens (tertiary/aromatic N) is 1. The first kappa shape index (κ1) is 27.4. The van der Waals surface area contributed by atoms with Gasteiger partial charge in [-0.05, 0) is 85.7 Å². The number of unbranched alkanes of at least 4 members (excludes halogenated alkanes) is 3. The van der Waals surface area contributed by atoms with E-state index in [1.165, 1.54) is 38.9 Å². The topological polar surface area (TPSA) is 115 Å². The number of carbonyl (C=O) groups excluding carboxylic acids is 2. The maximum absolute atomic E-state index is 12.4. The fraction of sp³-hybridized carbons (Fsp3) is 0.483. The zero-order valence-corrected chi connectivity index (χ0v) is 21.3. The van der Waals surface area contributed by atoms with Crippen LogP contribution in [0.1, 0.15) is 74.5 Å². The number of phenolic OH excluding ortho intramolecular Hbond substituents is 1. The van der Waals surface area contributed by atoms with Crippen LogP contribution >= 0.6 is 0 Å². The molecule has 0 radical (unpaired) electrons.